The summed E-state index contributed by atoms with van der Waals surface area (Å²) in [5.74, 6) is -2.01. The van der Waals surface area contributed by atoms with Gasteiger partial charge in [-0.3, -0.25) is 9.69 Å². The van der Waals surface area contributed by atoms with Gasteiger partial charge in [0.2, 0.25) is 11.7 Å². The number of alkyl halides is 3. The standard InChI is InChI=1S/C19H20BrF3N2OS/c20-11-5-4-6-12(9-11)25-17(26)14-10-16(24-18(25)19(21,22)23)27-15-8-3-1-2-7-13(14)15/h5,9,14,16H,1-4,6-8,10H2. The predicted molar refractivity (Wildman–Crippen MR) is 104 cm³/mol. The maximum Gasteiger partial charge on any atom is 0.449 e. The number of carbonyl (C=O) groups excluding carboxylic acids is 1. The third-order valence-electron chi connectivity index (χ3n) is 5.43. The first-order chi connectivity index (χ1) is 12.8. The lowest BCUT2D eigenvalue weighted by Gasteiger charge is -2.32. The van der Waals surface area contributed by atoms with Crippen molar-refractivity contribution in [2.75, 3.05) is 0 Å². The van der Waals surface area contributed by atoms with Crippen LogP contribution in [-0.2, 0) is 4.79 Å². The third-order valence-corrected chi connectivity index (χ3v) is 7.30. The van der Waals surface area contributed by atoms with E-state index in [1.807, 2.05) is 6.08 Å². The van der Waals surface area contributed by atoms with Gasteiger partial charge in [-0.1, -0.05) is 28.4 Å². The van der Waals surface area contributed by atoms with Crippen LogP contribution in [0.25, 0.3) is 0 Å². The summed E-state index contributed by atoms with van der Waals surface area (Å²) in [5.41, 5.74) is 1.44. The van der Waals surface area contributed by atoms with Crippen LogP contribution in [0, 0.1) is 5.92 Å². The van der Waals surface area contributed by atoms with E-state index in [4.69, 9.17) is 0 Å². The van der Waals surface area contributed by atoms with Crippen LogP contribution in [0.5, 0.6) is 0 Å². The topological polar surface area (TPSA) is 32.7 Å². The van der Waals surface area contributed by atoms with Crippen molar-refractivity contribution in [1.82, 2.24) is 4.90 Å². The van der Waals surface area contributed by atoms with Crippen molar-refractivity contribution in [2.24, 2.45) is 10.9 Å². The zero-order valence-electron chi connectivity index (χ0n) is 14.7. The second-order valence-corrected chi connectivity index (χ2v) is 9.45. The van der Waals surface area contributed by atoms with Gasteiger partial charge in [-0.05, 0) is 61.5 Å². The van der Waals surface area contributed by atoms with Gasteiger partial charge in [0.25, 0.3) is 0 Å². The molecule has 2 bridgehead atoms. The molecule has 1 amide bonds. The van der Waals surface area contributed by atoms with Crippen molar-refractivity contribution in [1.29, 1.82) is 0 Å². The highest BCUT2D eigenvalue weighted by Crippen LogP contribution is 2.48. The SMILES string of the molecule is O=C1C2CC(N=C(C(F)(F)F)N1C1=CC(Br)=CCC1)SC1=C2CCCCC1. The van der Waals surface area contributed by atoms with Gasteiger partial charge in [0.15, 0.2) is 0 Å². The Bertz CT molecular complexity index is 784. The lowest BCUT2D eigenvalue weighted by Crippen LogP contribution is -2.46. The quantitative estimate of drug-likeness (QED) is 0.477. The molecule has 2 atom stereocenters. The highest BCUT2D eigenvalue weighted by atomic mass is 79.9. The van der Waals surface area contributed by atoms with Gasteiger partial charge in [0.1, 0.15) is 5.37 Å². The molecule has 0 saturated heterocycles. The average Bonchev–Trinajstić information content (AvgIpc) is 2.90. The van der Waals surface area contributed by atoms with E-state index in [0.717, 1.165) is 47.5 Å². The Labute approximate surface area is 169 Å². The molecule has 146 valence electrons. The molecule has 0 aromatic heterocycles. The van der Waals surface area contributed by atoms with Crippen LogP contribution in [0.1, 0.15) is 51.4 Å². The molecule has 4 aliphatic rings. The van der Waals surface area contributed by atoms with Crippen molar-refractivity contribution in [2.45, 2.75) is 62.9 Å². The lowest BCUT2D eigenvalue weighted by atomic mass is 9.89. The van der Waals surface area contributed by atoms with Gasteiger partial charge in [-0.15, -0.1) is 11.8 Å². The molecule has 8 heteroatoms. The minimum absolute atomic E-state index is 0.364. The number of aliphatic imine (C=N–C) groups is 1. The number of hydrogen-bond acceptors (Lipinski definition) is 3. The monoisotopic (exact) mass is 460 g/mol. The third kappa shape index (κ3) is 3.79. The van der Waals surface area contributed by atoms with Crippen molar-refractivity contribution in [3.63, 3.8) is 0 Å². The van der Waals surface area contributed by atoms with Gasteiger partial charge in [-0.2, -0.15) is 13.2 Å². The Morgan fingerprint density at radius 1 is 1.19 bits per heavy atom. The molecule has 0 N–H and O–H groups in total. The number of thioether (sulfide) groups is 1. The maximum atomic E-state index is 13.9. The Morgan fingerprint density at radius 3 is 2.70 bits per heavy atom. The van der Waals surface area contributed by atoms with Gasteiger partial charge >= 0.3 is 6.18 Å². The number of halogens is 4. The number of carbonyl (C=O) groups is 1. The smallest absolute Gasteiger partial charge is 0.273 e. The van der Waals surface area contributed by atoms with Gasteiger partial charge in [0.05, 0.1) is 5.92 Å². The first-order valence-electron chi connectivity index (χ1n) is 9.28. The Hall–Kier alpha value is -1.02. The number of amidine groups is 1. The van der Waals surface area contributed by atoms with Crippen LogP contribution in [0.15, 0.2) is 37.8 Å². The highest BCUT2D eigenvalue weighted by Gasteiger charge is 2.49. The van der Waals surface area contributed by atoms with Gasteiger partial charge in [0, 0.05) is 10.2 Å². The first kappa shape index (κ1) is 19.3. The maximum absolute atomic E-state index is 13.9. The summed E-state index contributed by atoms with van der Waals surface area (Å²) >= 11 is 4.78. The Balaban J connectivity index is 1.81. The summed E-state index contributed by atoms with van der Waals surface area (Å²) < 4.78 is 42.4. The zero-order valence-corrected chi connectivity index (χ0v) is 17.1. The van der Waals surface area contributed by atoms with E-state index < -0.39 is 29.2 Å². The van der Waals surface area contributed by atoms with Gasteiger partial charge in [-0.25, -0.2) is 4.99 Å². The summed E-state index contributed by atoms with van der Waals surface area (Å²) in [6.07, 6.45) is 5.00. The molecule has 0 saturated carbocycles. The summed E-state index contributed by atoms with van der Waals surface area (Å²) in [7, 11) is 0. The fourth-order valence-corrected chi connectivity index (χ4v) is 6.14. The highest BCUT2D eigenvalue weighted by molar-refractivity contribution is 9.11. The normalized spacial score (nSPS) is 29.4. The summed E-state index contributed by atoms with van der Waals surface area (Å²) in [4.78, 5) is 19.5. The van der Waals surface area contributed by atoms with E-state index in [1.165, 1.54) is 11.8 Å². The van der Waals surface area contributed by atoms with Crippen molar-refractivity contribution >= 4 is 39.4 Å². The number of nitrogens with zero attached hydrogens (tertiary/aromatic N) is 2. The molecular formula is C19H20BrF3N2OS. The van der Waals surface area contributed by atoms with E-state index in [2.05, 4.69) is 20.9 Å². The Morgan fingerprint density at radius 2 is 1.96 bits per heavy atom. The van der Waals surface area contributed by atoms with Crippen LogP contribution in [0.4, 0.5) is 13.2 Å². The average molecular weight is 461 g/mol. The lowest BCUT2D eigenvalue weighted by molar-refractivity contribution is -0.131. The minimum Gasteiger partial charge on any atom is -0.273 e. The van der Waals surface area contributed by atoms with E-state index >= 15 is 0 Å². The molecule has 2 aliphatic heterocycles. The predicted octanol–water partition coefficient (Wildman–Crippen LogP) is 6.04. The fraction of sp³-hybridized carbons (Fsp3) is 0.579. The molecule has 0 aromatic carbocycles. The van der Waals surface area contributed by atoms with Crippen molar-refractivity contribution < 1.29 is 18.0 Å². The molecule has 0 spiro atoms. The Kier molecular flexibility index (Phi) is 5.31. The molecular weight excluding hydrogens is 441 g/mol. The number of fused-ring (bicyclic) bond motifs is 3. The van der Waals surface area contributed by atoms with Gasteiger partial charge < -0.3 is 0 Å². The zero-order chi connectivity index (χ0) is 19.2. The second-order valence-electron chi connectivity index (χ2n) is 7.26. The van der Waals surface area contributed by atoms with Crippen LogP contribution >= 0.6 is 27.7 Å². The van der Waals surface area contributed by atoms with Crippen molar-refractivity contribution in [3.05, 3.63) is 32.8 Å². The molecule has 2 unspecified atom stereocenters. The summed E-state index contributed by atoms with van der Waals surface area (Å²) in [6.45, 7) is 0. The van der Waals surface area contributed by atoms with E-state index in [0.29, 0.717) is 29.4 Å². The molecule has 4 rings (SSSR count). The van der Waals surface area contributed by atoms with Crippen LogP contribution in [-0.4, -0.2) is 28.2 Å². The fourth-order valence-electron chi connectivity index (χ4n) is 4.22. The molecule has 3 nitrogen and oxygen atoms in total. The first-order valence-corrected chi connectivity index (χ1v) is 11.0. The molecule has 0 aromatic rings. The van der Waals surface area contributed by atoms with E-state index in [9.17, 15) is 18.0 Å². The minimum atomic E-state index is -4.67. The van der Waals surface area contributed by atoms with Crippen LogP contribution in [0.3, 0.4) is 0 Å². The number of amides is 1. The van der Waals surface area contributed by atoms with Crippen molar-refractivity contribution in [3.8, 4) is 0 Å². The number of hydrogen-bond donors (Lipinski definition) is 0. The largest absolute Gasteiger partial charge is 0.449 e. The number of allylic oxidation sites excluding steroid dienone is 5. The molecule has 2 heterocycles. The molecule has 2 aliphatic carbocycles. The van der Waals surface area contributed by atoms with Crippen LogP contribution in [0.2, 0.25) is 0 Å². The molecule has 0 fully saturated rings. The molecule has 27 heavy (non-hydrogen) atoms. The van der Waals surface area contributed by atoms with E-state index in [-0.39, 0.29) is 0 Å². The second kappa shape index (κ2) is 7.43. The summed E-state index contributed by atoms with van der Waals surface area (Å²) in [6, 6.07) is 0. The van der Waals surface area contributed by atoms with Crippen LogP contribution < -0.4 is 0 Å². The number of rotatable bonds is 1. The molecule has 0 radical (unpaired) electrons. The van der Waals surface area contributed by atoms with E-state index in [1.54, 1.807) is 6.08 Å². The summed E-state index contributed by atoms with van der Waals surface area (Å²) in [5, 5.41) is -0.541.